The SMILES string of the molecule is CC(C)c1cc(Oc2c(Br)cc(/C=N/OC(C)(C)C(=O)O)cc2Br)ccc1O. The highest BCUT2D eigenvalue weighted by atomic mass is 79.9. The number of carboxylic acids is 1. The molecule has 0 spiro atoms. The van der Waals surface area contributed by atoms with Crippen molar-refractivity contribution in [1.82, 2.24) is 0 Å². The molecule has 0 fully saturated rings. The zero-order valence-corrected chi connectivity index (χ0v) is 19.0. The van der Waals surface area contributed by atoms with Gasteiger partial charge >= 0.3 is 5.97 Å². The second-order valence-electron chi connectivity index (χ2n) is 6.93. The number of halogens is 2. The van der Waals surface area contributed by atoms with E-state index in [0.717, 1.165) is 5.56 Å². The van der Waals surface area contributed by atoms with Crippen LogP contribution in [-0.4, -0.2) is 28.0 Å². The van der Waals surface area contributed by atoms with Crippen LogP contribution in [0.4, 0.5) is 0 Å². The first kappa shape index (κ1) is 22.2. The van der Waals surface area contributed by atoms with E-state index in [-0.39, 0.29) is 11.7 Å². The van der Waals surface area contributed by atoms with Gasteiger partial charge in [-0.05, 0) is 87.5 Å². The van der Waals surface area contributed by atoms with Crippen molar-refractivity contribution >= 4 is 44.0 Å². The monoisotopic (exact) mass is 513 g/mol. The zero-order chi connectivity index (χ0) is 21.1. The molecule has 0 radical (unpaired) electrons. The molecule has 8 heteroatoms. The van der Waals surface area contributed by atoms with Crippen LogP contribution >= 0.6 is 31.9 Å². The Morgan fingerprint density at radius 3 is 2.32 bits per heavy atom. The smallest absolute Gasteiger partial charge is 0.350 e. The van der Waals surface area contributed by atoms with Crippen LogP contribution in [0.2, 0.25) is 0 Å². The van der Waals surface area contributed by atoms with Crippen LogP contribution in [0.3, 0.4) is 0 Å². The number of nitrogens with zero attached hydrogens (tertiary/aromatic N) is 1. The van der Waals surface area contributed by atoms with Crippen molar-refractivity contribution in [2.45, 2.75) is 39.2 Å². The fraction of sp³-hybridized carbons (Fsp3) is 0.300. The molecule has 2 N–H and O–H groups in total. The predicted molar refractivity (Wildman–Crippen MR) is 115 cm³/mol. The summed E-state index contributed by atoms with van der Waals surface area (Å²) in [5, 5.41) is 22.7. The summed E-state index contributed by atoms with van der Waals surface area (Å²) in [6, 6.07) is 8.64. The Kier molecular flexibility index (Phi) is 7.11. The Labute approximate surface area is 180 Å². The van der Waals surface area contributed by atoms with Gasteiger partial charge in [0.15, 0.2) is 5.75 Å². The molecule has 0 unspecified atom stereocenters. The largest absolute Gasteiger partial charge is 0.508 e. The minimum atomic E-state index is -1.42. The average molecular weight is 515 g/mol. The molecule has 28 heavy (non-hydrogen) atoms. The van der Waals surface area contributed by atoms with Gasteiger partial charge in [-0.25, -0.2) is 4.79 Å². The third-order valence-electron chi connectivity index (χ3n) is 3.86. The van der Waals surface area contributed by atoms with Gasteiger partial charge in [0.25, 0.3) is 0 Å². The lowest BCUT2D eigenvalue weighted by atomic mass is 10.0. The molecule has 2 aromatic carbocycles. The fourth-order valence-electron chi connectivity index (χ4n) is 2.19. The second kappa shape index (κ2) is 8.96. The van der Waals surface area contributed by atoms with Gasteiger partial charge in [0.2, 0.25) is 5.60 Å². The van der Waals surface area contributed by atoms with E-state index in [0.29, 0.717) is 26.0 Å². The van der Waals surface area contributed by atoms with Crippen molar-refractivity contribution in [2.24, 2.45) is 5.16 Å². The van der Waals surface area contributed by atoms with E-state index in [1.54, 1.807) is 30.3 Å². The minimum absolute atomic E-state index is 0.157. The highest BCUT2D eigenvalue weighted by Crippen LogP contribution is 2.39. The first-order valence-corrected chi connectivity index (χ1v) is 10.0. The predicted octanol–water partition coefficient (Wildman–Crippen LogP) is 6.05. The van der Waals surface area contributed by atoms with E-state index in [4.69, 9.17) is 14.7 Å². The number of hydrogen-bond acceptors (Lipinski definition) is 5. The first-order valence-electron chi connectivity index (χ1n) is 8.46. The molecule has 0 aliphatic heterocycles. The summed E-state index contributed by atoms with van der Waals surface area (Å²) in [5.74, 6) is 0.436. The van der Waals surface area contributed by atoms with Gasteiger partial charge in [0.1, 0.15) is 11.5 Å². The van der Waals surface area contributed by atoms with Crippen LogP contribution < -0.4 is 4.74 Å². The summed E-state index contributed by atoms with van der Waals surface area (Å²) in [6.07, 6.45) is 1.42. The van der Waals surface area contributed by atoms with Gasteiger partial charge in [-0.1, -0.05) is 19.0 Å². The van der Waals surface area contributed by atoms with E-state index in [1.165, 1.54) is 20.1 Å². The van der Waals surface area contributed by atoms with Crippen LogP contribution in [0.15, 0.2) is 44.4 Å². The number of phenols is 1. The van der Waals surface area contributed by atoms with E-state index in [1.807, 2.05) is 13.8 Å². The van der Waals surface area contributed by atoms with Crippen LogP contribution in [0, 0.1) is 0 Å². The van der Waals surface area contributed by atoms with E-state index >= 15 is 0 Å². The quantitative estimate of drug-likeness (QED) is 0.347. The van der Waals surface area contributed by atoms with Gasteiger partial charge in [-0.2, -0.15) is 0 Å². The lowest BCUT2D eigenvalue weighted by molar-refractivity contribution is -0.161. The summed E-state index contributed by atoms with van der Waals surface area (Å²) in [4.78, 5) is 16.1. The number of ether oxygens (including phenoxy) is 1. The van der Waals surface area contributed by atoms with Crippen molar-refractivity contribution in [3.63, 3.8) is 0 Å². The van der Waals surface area contributed by atoms with Crippen molar-refractivity contribution < 1.29 is 24.6 Å². The molecule has 0 saturated carbocycles. The number of hydrogen-bond donors (Lipinski definition) is 2. The lowest BCUT2D eigenvalue weighted by Gasteiger charge is -2.16. The summed E-state index contributed by atoms with van der Waals surface area (Å²) in [5.41, 5.74) is 0.0636. The van der Waals surface area contributed by atoms with Crippen LogP contribution in [0.5, 0.6) is 17.2 Å². The number of oxime groups is 1. The third-order valence-corrected chi connectivity index (χ3v) is 5.04. The second-order valence-corrected chi connectivity index (χ2v) is 8.64. The maximum Gasteiger partial charge on any atom is 0.350 e. The van der Waals surface area contributed by atoms with Gasteiger partial charge < -0.3 is 19.8 Å². The minimum Gasteiger partial charge on any atom is -0.508 e. The molecule has 0 atom stereocenters. The maximum absolute atomic E-state index is 11.0. The summed E-state index contributed by atoms with van der Waals surface area (Å²) in [7, 11) is 0. The highest BCUT2D eigenvalue weighted by molar-refractivity contribution is 9.11. The molecule has 150 valence electrons. The first-order chi connectivity index (χ1) is 13.0. The van der Waals surface area contributed by atoms with Crippen molar-refractivity contribution in [3.05, 3.63) is 50.4 Å². The molecule has 0 amide bonds. The molecule has 2 rings (SSSR count). The Bertz CT molecular complexity index is 886. The molecule has 6 nitrogen and oxygen atoms in total. The third kappa shape index (κ3) is 5.48. The van der Waals surface area contributed by atoms with Crippen molar-refractivity contribution in [1.29, 1.82) is 0 Å². The Balaban J connectivity index is 2.23. The summed E-state index contributed by atoms with van der Waals surface area (Å²) in [6.45, 7) is 6.82. The number of carbonyl (C=O) groups is 1. The van der Waals surface area contributed by atoms with Gasteiger partial charge in [-0.15, -0.1) is 0 Å². The van der Waals surface area contributed by atoms with Crippen LogP contribution in [-0.2, 0) is 9.63 Å². The number of aliphatic carboxylic acids is 1. The van der Waals surface area contributed by atoms with Crippen LogP contribution in [0.1, 0.15) is 44.7 Å². The number of aromatic hydroxyl groups is 1. The molecule has 0 bridgehead atoms. The summed E-state index contributed by atoms with van der Waals surface area (Å²) >= 11 is 6.94. The molecular formula is C20H21Br2NO5. The normalized spacial score (nSPS) is 11.8. The van der Waals surface area contributed by atoms with Crippen molar-refractivity contribution in [2.75, 3.05) is 0 Å². The Hall–Kier alpha value is -2.06. The highest BCUT2D eigenvalue weighted by Gasteiger charge is 2.29. The molecule has 0 aliphatic rings. The lowest BCUT2D eigenvalue weighted by Crippen LogP contribution is -2.32. The summed E-state index contributed by atoms with van der Waals surface area (Å²) < 4.78 is 7.31. The number of phenolic OH excluding ortho intramolecular Hbond substituents is 1. The molecule has 0 aromatic heterocycles. The van der Waals surface area contributed by atoms with E-state index < -0.39 is 11.6 Å². The van der Waals surface area contributed by atoms with E-state index in [9.17, 15) is 9.90 Å². The average Bonchev–Trinajstić information content (AvgIpc) is 2.59. The van der Waals surface area contributed by atoms with Gasteiger partial charge in [0, 0.05) is 5.56 Å². The number of benzene rings is 2. The van der Waals surface area contributed by atoms with Gasteiger partial charge in [-0.3, -0.25) is 0 Å². The van der Waals surface area contributed by atoms with Crippen molar-refractivity contribution in [3.8, 4) is 17.2 Å². The molecule has 0 saturated heterocycles. The van der Waals surface area contributed by atoms with E-state index in [2.05, 4.69) is 37.0 Å². The molecule has 0 heterocycles. The Morgan fingerprint density at radius 1 is 1.18 bits per heavy atom. The number of rotatable bonds is 7. The topological polar surface area (TPSA) is 88.4 Å². The number of carboxylic acid groups (broad SMARTS) is 1. The zero-order valence-electron chi connectivity index (χ0n) is 15.9. The standard InChI is InChI=1S/C20H21Br2NO5/c1-11(2)14-9-13(5-6-17(14)24)27-18-15(21)7-12(8-16(18)22)10-23-28-20(3,4)19(25)26/h5-11,24H,1-4H3,(H,25,26)/b23-10+. The maximum atomic E-state index is 11.0. The molecular weight excluding hydrogens is 494 g/mol. The molecule has 0 aliphatic carbocycles. The van der Waals surface area contributed by atoms with Gasteiger partial charge in [0.05, 0.1) is 15.2 Å². The van der Waals surface area contributed by atoms with Crippen LogP contribution in [0.25, 0.3) is 0 Å². The Morgan fingerprint density at radius 2 is 1.79 bits per heavy atom. The fourth-order valence-corrected chi connectivity index (χ4v) is 3.57. The molecule has 2 aromatic rings.